The first-order chi connectivity index (χ1) is 12.6. The lowest BCUT2D eigenvalue weighted by Gasteiger charge is -2.09. The van der Waals surface area contributed by atoms with E-state index in [2.05, 4.69) is 20.5 Å². The van der Waals surface area contributed by atoms with E-state index < -0.39 is 5.25 Å². The van der Waals surface area contributed by atoms with Gasteiger partial charge in [0, 0.05) is 22.7 Å². The molecule has 2 heterocycles. The van der Waals surface area contributed by atoms with E-state index >= 15 is 0 Å². The maximum absolute atomic E-state index is 13.5. The Hall–Kier alpha value is -3.00. The molecule has 0 spiro atoms. The van der Waals surface area contributed by atoms with E-state index in [9.17, 15) is 9.18 Å². The second kappa shape index (κ2) is 6.72. The number of carbonyl (C=O) groups excluding carboxylic acids is 1. The number of fused-ring (bicyclic) bond motifs is 1. The van der Waals surface area contributed by atoms with Crippen molar-refractivity contribution in [2.45, 2.75) is 17.3 Å². The number of halogens is 1. The van der Waals surface area contributed by atoms with Crippen LogP contribution in [0, 0.1) is 5.82 Å². The van der Waals surface area contributed by atoms with Gasteiger partial charge in [-0.3, -0.25) is 4.79 Å². The van der Waals surface area contributed by atoms with E-state index in [1.807, 2.05) is 24.3 Å². The molecule has 26 heavy (non-hydrogen) atoms. The number of aromatic nitrogens is 5. The number of nitrogens with zero attached hydrogens (tertiary/aromatic N) is 4. The van der Waals surface area contributed by atoms with Gasteiger partial charge in [-0.2, -0.15) is 4.68 Å². The SMILES string of the molecule is C[C@H](Sc1nnnn1-c1cccc(F)c1)C(=O)c1c[nH]c2ccccc12. The van der Waals surface area contributed by atoms with Gasteiger partial charge in [-0.1, -0.05) is 36.0 Å². The minimum absolute atomic E-state index is 0.0266. The second-order valence-electron chi connectivity index (χ2n) is 5.73. The highest BCUT2D eigenvalue weighted by molar-refractivity contribution is 8.00. The molecule has 0 radical (unpaired) electrons. The van der Waals surface area contributed by atoms with Crippen LogP contribution in [0.4, 0.5) is 4.39 Å². The number of Topliss-reactive ketones (excluding diaryl/α,β-unsaturated/α-hetero) is 1. The molecule has 0 bridgehead atoms. The zero-order valence-corrected chi connectivity index (χ0v) is 14.6. The predicted molar refractivity (Wildman–Crippen MR) is 97.1 cm³/mol. The molecule has 8 heteroatoms. The highest BCUT2D eigenvalue weighted by Gasteiger charge is 2.22. The molecule has 0 unspecified atom stereocenters. The van der Waals surface area contributed by atoms with E-state index in [1.54, 1.807) is 25.3 Å². The summed E-state index contributed by atoms with van der Waals surface area (Å²) in [5.74, 6) is -0.405. The predicted octanol–water partition coefficient (Wildman–Crippen LogP) is 3.65. The molecular formula is C18H14FN5OS. The molecule has 1 N–H and O–H groups in total. The molecule has 0 aliphatic rings. The highest BCUT2D eigenvalue weighted by Crippen LogP contribution is 2.28. The average Bonchev–Trinajstić information content (AvgIpc) is 3.28. The summed E-state index contributed by atoms with van der Waals surface area (Å²) in [4.78, 5) is 16.0. The quantitative estimate of drug-likeness (QED) is 0.430. The minimum atomic E-state index is -0.410. The van der Waals surface area contributed by atoms with Gasteiger partial charge in [0.25, 0.3) is 0 Å². The summed E-state index contributed by atoms with van der Waals surface area (Å²) in [6.45, 7) is 1.80. The third-order valence-corrected chi connectivity index (χ3v) is 5.03. The summed E-state index contributed by atoms with van der Waals surface area (Å²) >= 11 is 1.23. The standard InChI is InChI=1S/C18H14FN5OS/c1-11(17(25)15-10-20-16-8-3-2-7-14(15)16)26-18-21-22-23-24(18)13-6-4-5-12(19)9-13/h2-11,20H,1H3/t11-/m0/s1. The monoisotopic (exact) mass is 367 g/mol. The number of hydrogen-bond donors (Lipinski definition) is 1. The summed E-state index contributed by atoms with van der Waals surface area (Å²) in [6.07, 6.45) is 1.72. The molecule has 2 aromatic heterocycles. The Morgan fingerprint density at radius 2 is 2.08 bits per heavy atom. The maximum Gasteiger partial charge on any atom is 0.214 e. The van der Waals surface area contributed by atoms with Crippen LogP contribution in [0.1, 0.15) is 17.3 Å². The zero-order chi connectivity index (χ0) is 18.1. The Morgan fingerprint density at radius 1 is 1.23 bits per heavy atom. The van der Waals surface area contributed by atoms with Crippen molar-refractivity contribution in [2.24, 2.45) is 0 Å². The molecule has 4 aromatic rings. The number of carbonyl (C=O) groups is 1. The van der Waals surface area contributed by atoms with Gasteiger partial charge >= 0.3 is 0 Å². The Balaban J connectivity index is 1.60. The van der Waals surface area contributed by atoms with Crippen LogP contribution in [-0.2, 0) is 0 Å². The number of aromatic amines is 1. The second-order valence-corrected chi connectivity index (χ2v) is 7.03. The molecule has 6 nitrogen and oxygen atoms in total. The summed E-state index contributed by atoms with van der Waals surface area (Å²) in [5.41, 5.74) is 2.05. The number of tetrazole rings is 1. The van der Waals surface area contributed by atoms with E-state index in [-0.39, 0.29) is 11.6 Å². The van der Waals surface area contributed by atoms with Crippen LogP contribution in [0.5, 0.6) is 0 Å². The summed E-state index contributed by atoms with van der Waals surface area (Å²) in [6, 6.07) is 13.6. The van der Waals surface area contributed by atoms with Gasteiger partial charge in [-0.25, -0.2) is 4.39 Å². The lowest BCUT2D eigenvalue weighted by molar-refractivity contribution is 0.0995. The number of nitrogens with one attached hydrogen (secondary N) is 1. The van der Waals surface area contributed by atoms with Crippen molar-refractivity contribution in [2.75, 3.05) is 0 Å². The van der Waals surface area contributed by atoms with Crippen molar-refractivity contribution < 1.29 is 9.18 Å². The van der Waals surface area contributed by atoms with Crippen molar-refractivity contribution in [1.82, 2.24) is 25.2 Å². The number of H-pyrrole nitrogens is 1. The van der Waals surface area contributed by atoms with Crippen molar-refractivity contribution in [1.29, 1.82) is 0 Å². The van der Waals surface area contributed by atoms with Crippen LogP contribution >= 0.6 is 11.8 Å². The van der Waals surface area contributed by atoms with Crippen LogP contribution in [0.15, 0.2) is 59.9 Å². The van der Waals surface area contributed by atoms with Crippen molar-refractivity contribution >= 4 is 28.4 Å². The fourth-order valence-corrected chi connectivity index (χ4v) is 3.60. The highest BCUT2D eigenvalue weighted by atomic mass is 32.2. The third-order valence-electron chi connectivity index (χ3n) is 4.00. The number of benzene rings is 2. The Bertz CT molecular complexity index is 1090. The Morgan fingerprint density at radius 3 is 2.92 bits per heavy atom. The van der Waals surface area contributed by atoms with Gasteiger partial charge < -0.3 is 4.98 Å². The van der Waals surface area contributed by atoms with Gasteiger partial charge in [0.1, 0.15) is 5.82 Å². The normalized spacial score (nSPS) is 12.4. The molecule has 0 saturated carbocycles. The minimum Gasteiger partial charge on any atom is -0.360 e. The maximum atomic E-state index is 13.5. The Labute approximate surface area is 152 Å². The van der Waals surface area contributed by atoms with E-state index in [0.717, 1.165) is 10.9 Å². The molecule has 0 fully saturated rings. The summed E-state index contributed by atoms with van der Waals surface area (Å²) in [5, 5.41) is 12.4. The third kappa shape index (κ3) is 2.99. The van der Waals surface area contributed by atoms with E-state index in [0.29, 0.717) is 16.4 Å². The van der Waals surface area contributed by atoms with Gasteiger partial charge in [-0.15, -0.1) is 5.10 Å². The molecule has 1 atom stereocenters. The van der Waals surface area contributed by atoms with Crippen molar-refractivity contribution in [3.8, 4) is 5.69 Å². The number of hydrogen-bond acceptors (Lipinski definition) is 5. The molecule has 0 aliphatic carbocycles. The van der Waals surface area contributed by atoms with Crippen molar-refractivity contribution in [3.63, 3.8) is 0 Å². The molecule has 0 saturated heterocycles. The fourth-order valence-electron chi connectivity index (χ4n) is 2.73. The summed E-state index contributed by atoms with van der Waals surface area (Å²) in [7, 11) is 0. The number of ketones is 1. The van der Waals surface area contributed by atoms with Crippen LogP contribution in [0.3, 0.4) is 0 Å². The van der Waals surface area contributed by atoms with Gasteiger partial charge in [0.2, 0.25) is 5.16 Å². The van der Waals surface area contributed by atoms with Crippen LogP contribution in [0.25, 0.3) is 16.6 Å². The fraction of sp³-hybridized carbons (Fsp3) is 0.111. The largest absolute Gasteiger partial charge is 0.360 e. The van der Waals surface area contributed by atoms with Crippen LogP contribution < -0.4 is 0 Å². The number of thioether (sulfide) groups is 1. The molecule has 0 aliphatic heterocycles. The van der Waals surface area contributed by atoms with Crippen molar-refractivity contribution in [3.05, 3.63) is 66.1 Å². The van der Waals surface area contributed by atoms with E-state index in [4.69, 9.17) is 0 Å². The topological polar surface area (TPSA) is 76.5 Å². The summed E-state index contributed by atoms with van der Waals surface area (Å²) < 4.78 is 14.9. The first-order valence-corrected chi connectivity index (χ1v) is 8.83. The van der Waals surface area contributed by atoms with Gasteiger partial charge in [0.05, 0.1) is 10.9 Å². The van der Waals surface area contributed by atoms with Crippen LogP contribution in [0.2, 0.25) is 0 Å². The number of para-hydroxylation sites is 1. The lowest BCUT2D eigenvalue weighted by atomic mass is 10.1. The molecule has 2 aromatic carbocycles. The molecule has 130 valence electrons. The van der Waals surface area contributed by atoms with Gasteiger partial charge in [0.15, 0.2) is 5.78 Å². The smallest absolute Gasteiger partial charge is 0.214 e. The number of rotatable bonds is 5. The molecule has 4 rings (SSSR count). The van der Waals surface area contributed by atoms with Gasteiger partial charge in [-0.05, 0) is 41.6 Å². The first-order valence-electron chi connectivity index (χ1n) is 7.95. The lowest BCUT2D eigenvalue weighted by Crippen LogP contribution is -2.14. The molecular weight excluding hydrogens is 353 g/mol. The first kappa shape index (κ1) is 16.5. The average molecular weight is 367 g/mol. The zero-order valence-electron chi connectivity index (χ0n) is 13.8. The molecule has 0 amide bonds. The van der Waals surface area contributed by atoms with E-state index in [1.165, 1.54) is 28.6 Å². The Kier molecular flexibility index (Phi) is 4.26. The van der Waals surface area contributed by atoms with Crippen LogP contribution in [-0.4, -0.2) is 36.2 Å².